The van der Waals surface area contributed by atoms with Crippen LogP contribution < -0.4 is 0 Å². The predicted molar refractivity (Wildman–Crippen MR) is 125 cm³/mol. The van der Waals surface area contributed by atoms with Crippen LogP contribution in [0.1, 0.15) is 85.5 Å². The summed E-state index contributed by atoms with van der Waals surface area (Å²) in [6.07, 6.45) is 13.0. The molecule has 0 spiro atoms. The Morgan fingerprint density at radius 1 is 1.23 bits per heavy atom. The number of ketones is 1. The van der Waals surface area contributed by atoms with Gasteiger partial charge in [-0.3, -0.25) is 4.79 Å². The van der Waals surface area contributed by atoms with Crippen LogP contribution in [0.25, 0.3) is 0 Å². The van der Waals surface area contributed by atoms with Gasteiger partial charge in [0.1, 0.15) is 0 Å². The number of fused-ring (bicyclic) bond motifs is 5. The smallest absolute Gasteiger partial charge is 0.155 e. The number of rotatable bonds is 6. The van der Waals surface area contributed by atoms with E-state index in [1.54, 1.807) is 0 Å². The van der Waals surface area contributed by atoms with Crippen molar-refractivity contribution >= 4 is 5.78 Å². The van der Waals surface area contributed by atoms with E-state index < -0.39 is 5.60 Å². The minimum absolute atomic E-state index is 0.119. The Labute approximate surface area is 189 Å². The molecule has 3 nitrogen and oxygen atoms in total. The molecule has 4 aliphatic carbocycles. The average molecular weight is 429 g/mol. The molecule has 4 aliphatic rings. The van der Waals surface area contributed by atoms with E-state index in [1.807, 2.05) is 13.0 Å². The molecule has 2 N–H and O–H groups in total. The van der Waals surface area contributed by atoms with Crippen molar-refractivity contribution in [2.75, 3.05) is 6.61 Å². The van der Waals surface area contributed by atoms with E-state index in [2.05, 4.69) is 33.4 Å². The Hall–Kier alpha value is -0.930. The van der Waals surface area contributed by atoms with E-state index in [-0.39, 0.29) is 23.4 Å². The summed E-state index contributed by atoms with van der Waals surface area (Å²) in [6, 6.07) is 0. The SMILES string of the molecule is C=C(CC[C@](C)(O)[C@H]1CC[C@H]2[C@@H]3CC[C@H]4CC(=O)C=C[C@]4(C)[C@H]3CC[C@@]21CO)C(C)C. The fourth-order valence-electron chi connectivity index (χ4n) is 8.56. The van der Waals surface area contributed by atoms with Gasteiger partial charge in [0.15, 0.2) is 5.78 Å². The first-order valence-corrected chi connectivity index (χ1v) is 12.8. The Kier molecular flexibility index (Phi) is 6.10. The molecule has 0 bridgehead atoms. The van der Waals surface area contributed by atoms with Crippen LogP contribution in [-0.4, -0.2) is 28.2 Å². The first-order valence-electron chi connectivity index (χ1n) is 12.8. The highest BCUT2D eigenvalue weighted by atomic mass is 16.3. The van der Waals surface area contributed by atoms with E-state index in [0.29, 0.717) is 41.8 Å². The highest BCUT2D eigenvalue weighted by molar-refractivity contribution is 5.91. The quantitative estimate of drug-likeness (QED) is 0.533. The topological polar surface area (TPSA) is 57.5 Å². The summed E-state index contributed by atoms with van der Waals surface area (Å²) in [6.45, 7) is 13.2. The second-order valence-electron chi connectivity index (χ2n) is 12.3. The lowest BCUT2D eigenvalue weighted by Gasteiger charge is -2.60. The highest BCUT2D eigenvalue weighted by Crippen LogP contribution is 2.68. The van der Waals surface area contributed by atoms with Gasteiger partial charge in [-0.15, -0.1) is 0 Å². The molecule has 3 saturated carbocycles. The van der Waals surface area contributed by atoms with Crippen LogP contribution in [0.15, 0.2) is 24.3 Å². The molecule has 0 heterocycles. The third-order valence-corrected chi connectivity index (χ3v) is 10.6. The molecule has 31 heavy (non-hydrogen) atoms. The fourth-order valence-corrected chi connectivity index (χ4v) is 8.56. The van der Waals surface area contributed by atoms with Crippen molar-refractivity contribution in [1.29, 1.82) is 0 Å². The summed E-state index contributed by atoms with van der Waals surface area (Å²) < 4.78 is 0. The molecule has 0 aromatic rings. The maximum absolute atomic E-state index is 12.1. The number of hydrogen-bond acceptors (Lipinski definition) is 3. The van der Waals surface area contributed by atoms with Gasteiger partial charge in [-0.2, -0.15) is 0 Å². The van der Waals surface area contributed by atoms with Crippen molar-refractivity contribution in [3.05, 3.63) is 24.3 Å². The van der Waals surface area contributed by atoms with Gasteiger partial charge in [0.25, 0.3) is 0 Å². The largest absolute Gasteiger partial charge is 0.396 e. The Morgan fingerprint density at radius 2 is 1.97 bits per heavy atom. The van der Waals surface area contributed by atoms with Crippen molar-refractivity contribution in [2.24, 2.45) is 46.3 Å². The summed E-state index contributed by atoms with van der Waals surface area (Å²) in [7, 11) is 0. The van der Waals surface area contributed by atoms with Crippen molar-refractivity contribution in [3.63, 3.8) is 0 Å². The minimum atomic E-state index is -0.763. The molecule has 0 aliphatic heterocycles. The lowest BCUT2D eigenvalue weighted by atomic mass is 9.45. The van der Waals surface area contributed by atoms with Crippen molar-refractivity contribution in [2.45, 2.75) is 91.1 Å². The molecule has 0 unspecified atom stereocenters. The second-order valence-corrected chi connectivity index (χ2v) is 12.3. The summed E-state index contributed by atoms with van der Waals surface area (Å²) in [4.78, 5) is 12.1. The summed E-state index contributed by atoms with van der Waals surface area (Å²) in [5.41, 5.74) is 0.414. The zero-order valence-corrected chi connectivity index (χ0v) is 20.2. The average Bonchev–Trinajstić information content (AvgIpc) is 3.13. The third kappa shape index (κ3) is 3.68. The molecule has 0 saturated heterocycles. The van der Waals surface area contributed by atoms with E-state index in [1.165, 1.54) is 12.0 Å². The Balaban J connectivity index is 1.57. The number of aliphatic hydroxyl groups excluding tert-OH is 1. The number of hydrogen-bond donors (Lipinski definition) is 2. The van der Waals surface area contributed by atoms with Gasteiger partial charge in [0, 0.05) is 18.4 Å². The molecule has 0 radical (unpaired) electrons. The van der Waals surface area contributed by atoms with Gasteiger partial charge in [-0.1, -0.05) is 39.0 Å². The summed E-state index contributed by atoms with van der Waals surface area (Å²) in [5, 5.41) is 22.4. The molecule has 4 rings (SSSR count). The number of carbonyl (C=O) groups excluding carboxylic acids is 1. The van der Waals surface area contributed by atoms with E-state index in [0.717, 1.165) is 44.9 Å². The van der Waals surface area contributed by atoms with Crippen LogP contribution in [0.5, 0.6) is 0 Å². The van der Waals surface area contributed by atoms with Crippen LogP contribution in [0.2, 0.25) is 0 Å². The van der Waals surface area contributed by atoms with Gasteiger partial charge in [0.2, 0.25) is 0 Å². The van der Waals surface area contributed by atoms with E-state index in [9.17, 15) is 15.0 Å². The molecule has 8 atom stereocenters. The monoisotopic (exact) mass is 428 g/mol. The molecule has 3 heteroatoms. The van der Waals surface area contributed by atoms with Crippen LogP contribution in [0, 0.1) is 46.3 Å². The molecular formula is C28H44O3. The Morgan fingerprint density at radius 3 is 2.65 bits per heavy atom. The predicted octanol–water partition coefficient (Wildman–Crippen LogP) is 5.71. The number of aliphatic hydroxyl groups is 2. The fraction of sp³-hybridized carbons (Fsp3) is 0.821. The molecular weight excluding hydrogens is 384 g/mol. The number of carbonyl (C=O) groups is 1. The van der Waals surface area contributed by atoms with Gasteiger partial charge >= 0.3 is 0 Å². The molecule has 0 aromatic heterocycles. The van der Waals surface area contributed by atoms with E-state index >= 15 is 0 Å². The normalized spacial score (nSPS) is 43.8. The second kappa shape index (κ2) is 8.13. The molecule has 0 aromatic carbocycles. The van der Waals surface area contributed by atoms with Gasteiger partial charge in [-0.25, -0.2) is 0 Å². The maximum Gasteiger partial charge on any atom is 0.155 e. The van der Waals surface area contributed by atoms with Crippen molar-refractivity contribution in [3.8, 4) is 0 Å². The molecule has 3 fully saturated rings. The van der Waals surface area contributed by atoms with E-state index in [4.69, 9.17) is 0 Å². The third-order valence-electron chi connectivity index (χ3n) is 10.6. The van der Waals surface area contributed by atoms with Crippen LogP contribution in [0.4, 0.5) is 0 Å². The zero-order valence-electron chi connectivity index (χ0n) is 20.2. The summed E-state index contributed by atoms with van der Waals surface area (Å²) in [5.74, 6) is 3.07. The van der Waals surface area contributed by atoms with Gasteiger partial charge in [-0.05, 0) is 105 Å². The number of allylic oxidation sites excluding steroid dienone is 3. The zero-order chi connectivity index (χ0) is 22.6. The Bertz CT molecular complexity index is 749. The lowest BCUT2D eigenvalue weighted by molar-refractivity contribution is -0.145. The molecule has 0 amide bonds. The van der Waals surface area contributed by atoms with Crippen LogP contribution in [-0.2, 0) is 4.79 Å². The molecule has 174 valence electrons. The maximum atomic E-state index is 12.1. The summed E-state index contributed by atoms with van der Waals surface area (Å²) >= 11 is 0. The first-order chi connectivity index (χ1) is 14.5. The highest BCUT2D eigenvalue weighted by Gasteiger charge is 2.63. The first kappa shape index (κ1) is 23.2. The van der Waals surface area contributed by atoms with Gasteiger partial charge < -0.3 is 10.2 Å². The lowest BCUT2D eigenvalue weighted by Crippen LogP contribution is -2.56. The van der Waals surface area contributed by atoms with Gasteiger partial charge in [0.05, 0.1) is 5.60 Å². The van der Waals surface area contributed by atoms with Crippen molar-refractivity contribution in [1.82, 2.24) is 0 Å². The van der Waals surface area contributed by atoms with Crippen molar-refractivity contribution < 1.29 is 15.0 Å². The van der Waals surface area contributed by atoms with Crippen LogP contribution in [0.3, 0.4) is 0 Å². The van der Waals surface area contributed by atoms with Crippen LogP contribution >= 0.6 is 0 Å². The minimum Gasteiger partial charge on any atom is -0.396 e. The standard InChI is InChI=1S/C28H44O3/c1-18(2)19(3)10-14-27(5,31)25-9-8-24-22-7-6-20-16-21(30)11-13-26(20,4)23(22)12-15-28(24,25)17-29/h11,13,18,20,22-25,29,31H,3,6-10,12,14-17H2,1-2,4-5H3/t20-,22+,23-,24-,25+,26-,27-,28+/m0/s1.